The van der Waals surface area contributed by atoms with Crippen LogP contribution in [0.5, 0.6) is 0 Å². The van der Waals surface area contributed by atoms with Crippen LogP contribution < -0.4 is 10.6 Å². The fourth-order valence-corrected chi connectivity index (χ4v) is 2.39. The number of hydrogen-bond donors (Lipinski definition) is 2. The summed E-state index contributed by atoms with van der Waals surface area (Å²) in [5, 5.41) is 6.70. The summed E-state index contributed by atoms with van der Waals surface area (Å²) in [6, 6.07) is 17.0. The van der Waals surface area contributed by atoms with Crippen LogP contribution in [0.15, 0.2) is 53.5 Å². The summed E-state index contributed by atoms with van der Waals surface area (Å²) in [6.07, 6.45) is 0.242. The lowest BCUT2D eigenvalue weighted by molar-refractivity contribution is 0.0657. The fourth-order valence-electron chi connectivity index (χ4n) is 2.39. The molecule has 0 heterocycles. The number of benzene rings is 2. The molecule has 0 saturated heterocycles. The zero-order valence-electron chi connectivity index (χ0n) is 16.1. The summed E-state index contributed by atoms with van der Waals surface area (Å²) < 4.78 is 5.67. The smallest absolute Gasteiger partial charge is 0.191 e. The van der Waals surface area contributed by atoms with Gasteiger partial charge in [-0.2, -0.15) is 0 Å². The van der Waals surface area contributed by atoms with Gasteiger partial charge in [0.05, 0.1) is 12.7 Å². The standard InChI is InChI=1S/C21H29N3O.HI/c1-16(2)25-15-20-7-5-6-19(12-20)14-24-21(22-4)23-13-18-10-8-17(3)9-11-18;/h5-12,16H,13-15H2,1-4H3,(H2,22,23,24);1H. The quantitative estimate of drug-likeness (QED) is 0.361. The van der Waals surface area contributed by atoms with Gasteiger partial charge in [-0.05, 0) is 37.5 Å². The highest BCUT2D eigenvalue weighted by molar-refractivity contribution is 14.0. The molecule has 0 bridgehead atoms. The number of halogens is 1. The highest BCUT2D eigenvalue weighted by Gasteiger charge is 2.01. The molecule has 0 atom stereocenters. The molecule has 0 aromatic heterocycles. The minimum atomic E-state index is 0. The van der Waals surface area contributed by atoms with Gasteiger partial charge in [-0.1, -0.05) is 54.1 Å². The molecule has 142 valence electrons. The molecule has 0 radical (unpaired) electrons. The zero-order valence-corrected chi connectivity index (χ0v) is 18.4. The summed E-state index contributed by atoms with van der Waals surface area (Å²) in [5.74, 6) is 0.796. The van der Waals surface area contributed by atoms with E-state index in [0.29, 0.717) is 6.61 Å². The van der Waals surface area contributed by atoms with Crippen LogP contribution in [0, 0.1) is 6.92 Å². The summed E-state index contributed by atoms with van der Waals surface area (Å²) in [6.45, 7) is 8.32. The summed E-state index contributed by atoms with van der Waals surface area (Å²) in [7, 11) is 1.79. The minimum absolute atomic E-state index is 0. The number of hydrogen-bond acceptors (Lipinski definition) is 2. The Labute approximate surface area is 174 Å². The van der Waals surface area contributed by atoms with E-state index in [1.807, 2.05) is 0 Å². The van der Waals surface area contributed by atoms with Crippen LogP contribution in [-0.4, -0.2) is 19.1 Å². The predicted octanol–water partition coefficient (Wildman–Crippen LogP) is 4.40. The van der Waals surface area contributed by atoms with Gasteiger partial charge in [0.1, 0.15) is 0 Å². The molecule has 0 amide bonds. The zero-order chi connectivity index (χ0) is 18.1. The molecule has 2 aromatic carbocycles. The second kappa shape index (κ2) is 11.9. The number of rotatable bonds is 7. The number of nitrogens with one attached hydrogen (secondary N) is 2. The van der Waals surface area contributed by atoms with Crippen LogP contribution in [-0.2, 0) is 24.4 Å². The van der Waals surface area contributed by atoms with Crippen molar-refractivity contribution in [2.45, 2.75) is 46.6 Å². The third kappa shape index (κ3) is 8.19. The van der Waals surface area contributed by atoms with E-state index >= 15 is 0 Å². The number of aryl methyl sites for hydroxylation is 1. The molecule has 0 aliphatic heterocycles. The normalized spacial score (nSPS) is 11.2. The van der Waals surface area contributed by atoms with Gasteiger partial charge in [-0.15, -0.1) is 24.0 Å². The van der Waals surface area contributed by atoms with E-state index in [1.165, 1.54) is 22.3 Å². The van der Waals surface area contributed by atoms with Crippen molar-refractivity contribution < 1.29 is 4.74 Å². The third-order valence-electron chi connectivity index (χ3n) is 3.84. The molecule has 2 N–H and O–H groups in total. The Morgan fingerprint density at radius 2 is 1.58 bits per heavy atom. The van der Waals surface area contributed by atoms with Gasteiger partial charge in [0, 0.05) is 20.1 Å². The van der Waals surface area contributed by atoms with Crippen LogP contribution in [0.2, 0.25) is 0 Å². The molecular weight excluding hydrogens is 437 g/mol. The van der Waals surface area contributed by atoms with Gasteiger partial charge in [0.15, 0.2) is 5.96 Å². The maximum Gasteiger partial charge on any atom is 0.191 e. The van der Waals surface area contributed by atoms with Crippen molar-refractivity contribution in [3.8, 4) is 0 Å². The highest BCUT2D eigenvalue weighted by Crippen LogP contribution is 2.08. The average molecular weight is 467 g/mol. The van der Waals surface area contributed by atoms with Gasteiger partial charge in [-0.3, -0.25) is 4.99 Å². The Balaban J connectivity index is 0.00000338. The molecule has 0 spiro atoms. The lowest BCUT2D eigenvalue weighted by Crippen LogP contribution is -2.36. The lowest BCUT2D eigenvalue weighted by Gasteiger charge is -2.13. The summed E-state index contributed by atoms with van der Waals surface area (Å²) in [4.78, 5) is 4.29. The second-order valence-electron chi connectivity index (χ2n) is 6.44. The largest absolute Gasteiger partial charge is 0.374 e. The van der Waals surface area contributed by atoms with Gasteiger partial charge < -0.3 is 15.4 Å². The SMILES string of the molecule is CN=C(NCc1ccc(C)cc1)NCc1cccc(COC(C)C)c1.I. The maximum absolute atomic E-state index is 5.67. The van der Waals surface area contributed by atoms with Gasteiger partial charge in [0.25, 0.3) is 0 Å². The van der Waals surface area contributed by atoms with E-state index in [1.54, 1.807) is 7.05 Å². The fraction of sp³-hybridized carbons (Fsp3) is 0.381. The van der Waals surface area contributed by atoms with Crippen molar-refractivity contribution in [2.75, 3.05) is 7.05 Å². The molecule has 2 rings (SSSR count). The third-order valence-corrected chi connectivity index (χ3v) is 3.84. The van der Waals surface area contributed by atoms with E-state index in [-0.39, 0.29) is 30.1 Å². The topological polar surface area (TPSA) is 45.7 Å². The van der Waals surface area contributed by atoms with E-state index in [2.05, 4.69) is 84.9 Å². The van der Waals surface area contributed by atoms with Gasteiger partial charge in [-0.25, -0.2) is 0 Å². The predicted molar refractivity (Wildman–Crippen MR) is 120 cm³/mol. The van der Waals surface area contributed by atoms with E-state index < -0.39 is 0 Å². The molecule has 5 heteroatoms. The number of guanidine groups is 1. The van der Waals surface area contributed by atoms with Gasteiger partial charge in [0.2, 0.25) is 0 Å². The lowest BCUT2D eigenvalue weighted by atomic mass is 10.1. The van der Waals surface area contributed by atoms with Gasteiger partial charge >= 0.3 is 0 Å². The van der Waals surface area contributed by atoms with E-state index in [0.717, 1.165) is 19.0 Å². The van der Waals surface area contributed by atoms with Crippen molar-refractivity contribution in [3.05, 3.63) is 70.8 Å². The van der Waals surface area contributed by atoms with Crippen LogP contribution >= 0.6 is 24.0 Å². The Hall–Kier alpha value is -1.60. The molecular formula is C21H30IN3O. The van der Waals surface area contributed by atoms with Crippen molar-refractivity contribution in [1.29, 1.82) is 0 Å². The van der Waals surface area contributed by atoms with Crippen LogP contribution in [0.4, 0.5) is 0 Å². The van der Waals surface area contributed by atoms with Crippen molar-refractivity contribution in [3.63, 3.8) is 0 Å². The maximum atomic E-state index is 5.67. The minimum Gasteiger partial charge on any atom is -0.374 e. The number of ether oxygens (including phenoxy) is 1. The molecule has 0 aliphatic rings. The molecule has 26 heavy (non-hydrogen) atoms. The first-order valence-corrected chi connectivity index (χ1v) is 8.76. The van der Waals surface area contributed by atoms with Crippen LogP contribution in [0.1, 0.15) is 36.1 Å². The second-order valence-corrected chi connectivity index (χ2v) is 6.44. The average Bonchev–Trinajstić information content (AvgIpc) is 2.62. The Morgan fingerprint density at radius 1 is 0.962 bits per heavy atom. The monoisotopic (exact) mass is 467 g/mol. The summed E-state index contributed by atoms with van der Waals surface area (Å²) in [5.41, 5.74) is 4.91. The van der Waals surface area contributed by atoms with Crippen molar-refractivity contribution in [1.82, 2.24) is 10.6 Å². The highest BCUT2D eigenvalue weighted by atomic mass is 127. The van der Waals surface area contributed by atoms with Crippen molar-refractivity contribution >= 4 is 29.9 Å². The molecule has 0 unspecified atom stereocenters. The molecule has 0 aliphatic carbocycles. The van der Waals surface area contributed by atoms with Crippen molar-refractivity contribution in [2.24, 2.45) is 4.99 Å². The number of aliphatic imine (C=N–C) groups is 1. The molecule has 0 fully saturated rings. The van der Waals surface area contributed by atoms with Crippen LogP contribution in [0.3, 0.4) is 0 Å². The van der Waals surface area contributed by atoms with E-state index in [9.17, 15) is 0 Å². The Morgan fingerprint density at radius 3 is 2.19 bits per heavy atom. The Bertz CT molecular complexity index is 684. The first-order valence-electron chi connectivity index (χ1n) is 8.76. The molecule has 4 nitrogen and oxygen atoms in total. The molecule has 0 saturated carbocycles. The first kappa shape index (κ1) is 22.4. The van der Waals surface area contributed by atoms with Crippen LogP contribution in [0.25, 0.3) is 0 Å². The first-order chi connectivity index (χ1) is 12.1. The Kier molecular flexibility index (Phi) is 10.3. The van der Waals surface area contributed by atoms with E-state index in [4.69, 9.17) is 4.74 Å². The molecule has 2 aromatic rings. The number of nitrogens with zero attached hydrogens (tertiary/aromatic N) is 1. The summed E-state index contributed by atoms with van der Waals surface area (Å²) >= 11 is 0.